The molecule has 0 spiro atoms. The minimum atomic E-state index is -5.33. The van der Waals surface area contributed by atoms with Crippen molar-refractivity contribution in [2.24, 2.45) is 5.92 Å². The molecule has 1 aromatic heterocycles. The first-order chi connectivity index (χ1) is 13.6. The molecule has 0 saturated carbocycles. The smallest absolute Gasteiger partial charge is 0.437 e. The molecule has 3 unspecified atom stereocenters. The molecule has 3 N–H and O–H groups in total. The lowest BCUT2D eigenvalue weighted by Gasteiger charge is -2.45. The minimum absolute atomic E-state index is 0.00230. The van der Waals surface area contributed by atoms with Crippen molar-refractivity contribution in [1.82, 2.24) is 10.6 Å². The molecule has 1 aromatic carbocycles. The Kier molecular flexibility index (Phi) is 5.46. The van der Waals surface area contributed by atoms with Gasteiger partial charge in [0.2, 0.25) is 5.72 Å². The Balaban J connectivity index is 2.23. The molecular formula is C18H17F3N2O5S. The lowest BCUT2D eigenvalue weighted by Crippen LogP contribution is -2.72. The molecule has 29 heavy (non-hydrogen) atoms. The number of benzene rings is 1. The molecule has 1 fully saturated rings. The number of carbonyl (C=O) groups is 2. The standard InChI is InChI=1S/C18H17F3N2O5S/c1-27-10-6-3-5-9(15(10)28-2)13-12(14(24)11-7-4-8-29-11)17(26,18(19,20)21)23-16(25)22-13/h3-8,12-13,26H,1-2H3,(H2,22,23,25). The van der Waals surface area contributed by atoms with Gasteiger partial charge in [0.15, 0.2) is 17.3 Å². The second-order valence-electron chi connectivity index (χ2n) is 6.24. The molecule has 156 valence electrons. The van der Waals surface area contributed by atoms with Gasteiger partial charge in [0.05, 0.1) is 25.1 Å². The van der Waals surface area contributed by atoms with Crippen LogP contribution in [0.2, 0.25) is 0 Å². The first-order valence-corrected chi connectivity index (χ1v) is 9.18. The van der Waals surface area contributed by atoms with Crippen LogP contribution >= 0.6 is 11.3 Å². The summed E-state index contributed by atoms with van der Waals surface area (Å²) in [6.07, 6.45) is -5.33. The zero-order valence-corrected chi connectivity index (χ0v) is 16.1. The van der Waals surface area contributed by atoms with Crippen molar-refractivity contribution in [1.29, 1.82) is 0 Å². The summed E-state index contributed by atoms with van der Waals surface area (Å²) < 4.78 is 52.0. The topological polar surface area (TPSA) is 96.9 Å². The Morgan fingerprint density at radius 2 is 1.93 bits per heavy atom. The first-order valence-electron chi connectivity index (χ1n) is 8.30. The van der Waals surface area contributed by atoms with Gasteiger partial charge in [0.25, 0.3) is 0 Å². The normalized spacial score (nSPS) is 24.4. The van der Waals surface area contributed by atoms with E-state index in [4.69, 9.17) is 9.47 Å². The maximum atomic E-state index is 13.9. The van der Waals surface area contributed by atoms with Gasteiger partial charge in [-0.05, 0) is 17.5 Å². The van der Waals surface area contributed by atoms with E-state index in [1.807, 2.05) is 0 Å². The fraction of sp³-hybridized carbons (Fsp3) is 0.333. The van der Waals surface area contributed by atoms with E-state index in [2.05, 4.69) is 5.32 Å². The third-order valence-electron chi connectivity index (χ3n) is 4.62. The van der Waals surface area contributed by atoms with Crippen molar-refractivity contribution in [3.63, 3.8) is 0 Å². The molecule has 2 amide bonds. The number of halogens is 3. The lowest BCUT2D eigenvalue weighted by atomic mass is 9.78. The first kappa shape index (κ1) is 20.9. The number of alkyl halides is 3. The van der Waals surface area contributed by atoms with Gasteiger partial charge < -0.3 is 25.2 Å². The van der Waals surface area contributed by atoms with Crippen LogP contribution < -0.4 is 20.1 Å². The summed E-state index contributed by atoms with van der Waals surface area (Å²) in [5.41, 5.74) is -3.74. The molecule has 1 aliphatic rings. The van der Waals surface area contributed by atoms with Crippen LogP contribution in [-0.2, 0) is 0 Å². The molecule has 0 radical (unpaired) electrons. The molecule has 2 heterocycles. The fourth-order valence-corrected chi connectivity index (χ4v) is 4.03. The Bertz CT molecular complexity index is 919. The zero-order chi connectivity index (χ0) is 21.4. The summed E-state index contributed by atoms with van der Waals surface area (Å²) in [5, 5.41) is 15.9. The highest BCUT2D eigenvalue weighted by atomic mass is 32.1. The number of para-hydroxylation sites is 1. The van der Waals surface area contributed by atoms with Gasteiger partial charge in [-0.1, -0.05) is 18.2 Å². The number of thiophene rings is 1. The number of hydrogen-bond donors (Lipinski definition) is 3. The molecule has 0 aliphatic carbocycles. The van der Waals surface area contributed by atoms with Crippen LogP contribution in [0.3, 0.4) is 0 Å². The Morgan fingerprint density at radius 1 is 1.21 bits per heavy atom. The Labute approximate surface area is 167 Å². The summed E-state index contributed by atoms with van der Waals surface area (Å²) >= 11 is 0.927. The third kappa shape index (κ3) is 3.51. The zero-order valence-electron chi connectivity index (χ0n) is 15.2. The second kappa shape index (κ2) is 7.56. The summed E-state index contributed by atoms with van der Waals surface area (Å²) in [4.78, 5) is 25.1. The maximum Gasteiger partial charge on any atom is 0.437 e. The molecule has 11 heteroatoms. The molecule has 3 atom stereocenters. The number of amides is 2. The van der Waals surface area contributed by atoms with Gasteiger partial charge in [0, 0.05) is 5.56 Å². The average Bonchev–Trinajstić information content (AvgIpc) is 3.20. The molecule has 0 bridgehead atoms. The lowest BCUT2D eigenvalue weighted by molar-refractivity contribution is -0.287. The predicted octanol–water partition coefficient (Wildman–Crippen LogP) is 2.87. The van der Waals surface area contributed by atoms with E-state index in [0.29, 0.717) is 0 Å². The van der Waals surface area contributed by atoms with E-state index in [-0.39, 0.29) is 21.9 Å². The van der Waals surface area contributed by atoms with E-state index >= 15 is 0 Å². The van der Waals surface area contributed by atoms with Crippen molar-refractivity contribution in [3.8, 4) is 11.5 Å². The number of nitrogens with one attached hydrogen (secondary N) is 2. The number of methoxy groups -OCH3 is 2. The molecule has 3 rings (SSSR count). The summed E-state index contributed by atoms with van der Waals surface area (Å²) in [6, 6.07) is 4.40. The van der Waals surface area contributed by atoms with Gasteiger partial charge in [-0.15, -0.1) is 11.3 Å². The van der Waals surface area contributed by atoms with E-state index in [1.165, 1.54) is 55.2 Å². The molecule has 1 aliphatic heterocycles. The van der Waals surface area contributed by atoms with E-state index in [0.717, 1.165) is 11.3 Å². The van der Waals surface area contributed by atoms with Crippen LogP contribution in [0.1, 0.15) is 21.3 Å². The Morgan fingerprint density at radius 3 is 2.48 bits per heavy atom. The number of aliphatic hydroxyl groups is 1. The quantitative estimate of drug-likeness (QED) is 0.634. The van der Waals surface area contributed by atoms with Crippen LogP contribution in [-0.4, -0.2) is 43.0 Å². The molecular weight excluding hydrogens is 413 g/mol. The summed E-state index contributed by atoms with van der Waals surface area (Å²) in [5.74, 6) is -2.88. The third-order valence-corrected chi connectivity index (χ3v) is 5.51. The highest BCUT2D eigenvalue weighted by molar-refractivity contribution is 7.12. The highest BCUT2D eigenvalue weighted by Gasteiger charge is 2.66. The van der Waals surface area contributed by atoms with E-state index < -0.39 is 35.7 Å². The highest BCUT2D eigenvalue weighted by Crippen LogP contribution is 2.47. The number of rotatable bonds is 5. The number of urea groups is 1. The fourth-order valence-electron chi connectivity index (χ4n) is 3.33. The van der Waals surface area contributed by atoms with Crippen LogP contribution in [0, 0.1) is 5.92 Å². The number of hydrogen-bond acceptors (Lipinski definition) is 6. The molecule has 1 saturated heterocycles. The minimum Gasteiger partial charge on any atom is -0.493 e. The number of carbonyl (C=O) groups excluding carboxylic acids is 2. The number of ketones is 1. The van der Waals surface area contributed by atoms with Crippen molar-refractivity contribution in [2.75, 3.05) is 14.2 Å². The van der Waals surface area contributed by atoms with Gasteiger partial charge in [0.1, 0.15) is 5.92 Å². The van der Waals surface area contributed by atoms with Gasteiger partial charge >= 0.3 is 12.2 Å². The molecule has 2 aromatic rings. The number of ether oxygens (including phenoxy) is 2. The monoisotopic (exact) mass is 430 g/mol. The number of Topliss-reactive ketones (excluding diaryl/α,β-unsaturated/α-hetero) is 1. The maximum absolute atomic E-state index is 13.9. The van der Waals surface area contributed by atoms with Crippen LogP contribution in [0.25, 0.3) is 0 Å². The van der Waals surface area contributed by atoms with Crippen molar-refractivity contribution in [3.05, 3.63) is 46.2 Å². The second-order valence-corrected chi connectivity index (χ2v) is 7.19. The largest absolute Gasteiger partial charge is 0.493 e. The summed E-state index contributed by atoms with van der Waals surface area (Å²) in [7, 11) is 2.61. The Hall–Kier alpha value is -2.79. The van der Waals surface area contributed by atoms with Gasteiger partial charge in [-0.2, -0.15) is 13.2 Å². The average molecular weight is 430 g/mol. The van der Waals surface area contributed by atoms with Gasteiger partial charge in [-0.25, -0.2) is 4.79 Å². The van der Waals surface area contributed by atoms with Crippen LogP contribution in [0.4, 0.5) is 18.0 Å². The van der Waals surface area contributed by atoms with Crippen molar-refractivity contribution in [2.45, 2.75) is 17.9 Å². The summed E-state index contributed by atoms with van der Waals surface area (Å²) in [6.45, 7) is 0. The van der Waals surface area contributed by atoms with Crippen LogP contribution in [0.5, 0.6) is 11.5 Å². The van der Waals surface area contributed by atoms with E-state index in [1.54, 1.807) is 0 Å². The van der Waals surface area contributed by atoms with Crippen molar-refractivity contribution >= 4 is 23.2 Å². The molecule has 7 nitrogen and oxygen atoms in total. The SMILES string of the molecule is COc1cccc(C2NC(=O)NC(O)(C(F)(F)F)C2C(=O)c2cccs2)c1OC. The van der Waals surface area contributed by atoms with Gasteiger partial charge in [-0.3, -0.25) is 4.79 Å². The predicted molar refractivity (Wildman–Crippen MR) is 97.1 cm³/mol. The van der Waals surface area contributed by atoms with Crippen molar-refractivity contribution < 1.29 is 37.3 Å². The van der Waals surface area contributed by atoms with E-state index in [9.17, 15) is 27.9 Å². The van der Waals surface area contributed by atoms with Crippen LogP contribution in [0.15, 0.2) is 35.7 Å².